The summed E-state index contributed by atoms with van der Waals surface area (Å²) in [5.41, 5.74) is 17.9. The van der Waals surface area contributed by atoms with Gasteiger partial charge in [-0.25, -0.2) is 0 Å². The lowest BCUT2D eigenvalue weighted by Gasteiger charge is -2.24. The number of thiophene rings is 1. The van der Waals surface area contributed by atoms with Gasteiger partial charge >= 0.3 is 0 Å². The summed E-state index contributed by atoms with van der Waals surface area (Å²) in [6.45, 7) is 0. The monoisotopic (exact) mass is 805 g/mol. The Hall–Kier alpha value is -7.78. The molecule has 0 amide bonds. The second kappa shape index (κ2) is 15.0. The Morgan fingerprint density at radius 3 is 1.35 bits per heavy atom. The molecule has 62 heavy (non-hydrogen) atoms. The van der Waals surface area contributed by atoms with Crippen molar-refractivity contribution in [3.8, 4) is 72.4 Å². The summed E-state index contributed by atoms with van der Waals surface area (Å²) in [6, 6.07) is 86.7. The Bertz CT molecular complexity index is 3590. The molecule has 0 bridgehead atoms. The van der Waals surface area contributed by atoms with Crippen LogP contribution in [0.25, 0.3) is 114 Å². The van der Waals surface area contributed by atoms with Crippen molar-refractivity contribution in [1.29, 1.82) is 0 Å². The van der Waals surface area contributed by atoms with Gasteiger partial charge in [0.05, 0.1) is 11.0 Å². The predicted octanol–water partition coefficient (Wildman–Crippen LogP) is 17.2. The first-order chi connectivity index (χ1) is 30.8. The van der Waals surface area contributed by atoms with E-state index in [4.69, 9.17) is 0 Å². The van der Waals surface area contributed by atoms with Crippen LogP contribution in [0.15, 0.2) is 237 Å². The Balaban J connectivity index is 1.27. The van der Waals surface area contributed by atoms with Crippen molar-refractivity contribution >= 4 is 53.3 Å². The number of rotatable bonds is 7. The van der Waals surface area contributed by atoms with Crippen LogP contribution in [0.4, 0.5) is 0 Å². The standard InChI is InChI=1S/C60H39NS/c1-6-21-40(22-7-1)53-54(41-23-8-2-9-24-41)56(43-27-12-4-13-28-43)59-57(55(53)42-25-10-3-11-26-42)51-37-19-34-47(58(51)61(59)46-31-14-5-15-32-46)44-29-18-30-45(39-44)48-35-20-36-50-49-33-16-17-38-52(49)62-60(48)50/h1-39H. The molecule has 0 spiro atoms. The van der Waals surface area contributed by atoms with Crippen molar-refractivity contribution < 1.29 is 0 Å². The van der Waals surface area contributed by atoms with Gasteiger partial charge in [-0.15, -0.1) is 11.3 Å². The number of aromatic nitrogens is 1. The highest BCUT2D eigenvalue weighted by atomic mass is 32.1. The van der Waals surface area contributed by atoms with E-state index in [1.807, 2.05) is 11.3 Å². The van der Waals surface area contributed by atoms with E-state index in [2.05, 4.69) is 241 Å². The quantitative estimate of drug-likeness (QED) is 0.151. The minimum Gasteiger partial charge on any atom is -0.308 e. The second-order valence-electron chi connectivity index (χ2n) is 15.9. The van der Waals surface area contributed by atoms with Crippen LogP contribution >= 0.6 is 11.3 Å². The average Bonchev–Trinajstić information content (AvgIpc) is 3.91. The van der Waals surface area contributed by atoms with E-state index in [-0.39, 0.29) is 0 Å². The zero-order valence-electron chi connectivity index (χ0n) is 33.9. The SMILES string of the molecule is c1ccc(-c2c(-c3ccccc3)c(-c3ccccc3)c3c(c2-c2ccccc2)c2cccc(-c4cccc(-c5cccc6c5sc5ccccc56)c4)c2n3-c2ccccc2)cc1. The van der Waals surface area contributed by atoms with Crippen LogP contribution in [0.5, 0.6) is 0 Å². The number of hydrogen-bond acceptors (Lipinski definition) is 1. The maximum Gasteiger partial charge on any atom is 0.0632 e. The van der Waals surface area contributed by atoms with Gasteiger partial charge in [0.1, 0.15) is 0 Å². The van der Waals surface area contributed by atoms with E-state index < -0.39 is 0 Å². The molecule has 0 fully saturated rings. The zero-order valence-corrected chi connectivity index (χ0v) is 34.7. The Kier molecular flexibility index (Phi) is 8.76. The molecule has 0 unspecified atom stereocenters. The summed E-state index contributed by atoms with van der Waals surface area (Å²) < 4.78 is 5.20. The first-order valence-electron chi connectivity index (χ1n) is 21.3. The van der Waals surface area contributed by atoms with Gasteiger partial charge in [0.2, 0.25) is 0 Å². The van der Waals surface area contributed by atoms with Crippen LogP contribution in [-0.4, -0.2) is 4.57 Å². The van der Waals surface area contributed by atoms with Crippen molar-refractivity contribution in [3.63, 3.8) is 0 Å². The van der Waals surface area contributed by atoms with Crippen molar-refractivity contribution in [3.05, 3.63) is 237 Å². The highest BCUT2D eigenvalue weighted by Gasteiger charge is 2.30. The molecule has 0 aliphatic carbocycles. The van der Waals surface area contributed by atoms with E-state index in [1.165, 1.54) is 109 Å². The molecule has 0 radical (unpaired) electrons. The van der Waals surface area contributed by atoms with E-state index in [0.29, 0.717) is 0 Å². The molecule has 12 aromatic rings. The van der Waals surface area contributed by atoms with Gasteiger partial charge in [0.15, 0.2) is 0 Å². The van der Waals surface area contributed by atoms with Gasteiger partial charge in [-0.1, -0.05) is 212 Å². The summed E-state index contributed by atoms with van der Waals surface area (Å²) in [6.07, 6.45) is 0. The normalized spacial score (nSPS) is 11.5. The van der Waals surface area contributed by atoms with Gasteiger partial charge in [-0.3, -0.25) is 0 Å². The fourth-order valence-corrected chi connectivity index (χ4v) is 11.0. The number of nitrogens with zero attached hydrogens (tertiary/aromatic N) is 1. The first-order valence-corrected chi connectivity index (χ1v) is 22.1. The van der Waals surface area contributed by atoms with Crippen molar-refractivity contribution in [2.45, 2.75) is 0 Å². The Morgan fingerprint density at radius 2 is 0.726 bits per heavy atom. The highest BCUT2D eigenvalue weighted by Crippen LogP contribution is 2.55. The molecular weight excluding hydrogens is 767 g/mol. The topological polar surface area (TPSA) is 4.93 Å². The highest BCUT2D eigenvalue weighted by molar-refractivity contribution is 7.26. The van der Waals surface area contributed by atoms with E-state index in [9.17, 15) is 0 Å². The van der Waals surface area contributed by atoms with Gasteiger partial charge in [-0.05, 0) is 68.8 Å². The molecule has 290 valence electrons. The van der Waals surface area contributed by atoms with Crippen LogP contribution < -0.4 is 0 Å². The fraction of sp³-hybridized carbons (Fsp3) is 0. The van der Waals surface area contributed by atoms with E-state index in [0.717, 1.165) is 5.69 Å². The fourth-order valence-electron chi connectivity index (χ4n) is 9.78. The molecule has 0 saturated carbocycles. The third-order valence-corrected chi connectivity index (χ3v) is 13.6. The molecule has 10 aromatic carbocycles. The molecule has 2 aromatic heterocycles. The summed E-state index contributed by atoms with van der Waals surface area (Å²) in [4.78, 5) is 0. The van der Waals surface area contributed by atoms with Gasteiger partial charge in [0.25, 0.3) is 0 Å². The molecule has 2 heteroatoms. The van der Waals surface area contributed by atoms with E-state index in [1.54, 1.807) is 0 Å². The third-order valence-electron chi connectivity index (χ3n) is 12.4. The summed E-state index contributed by atoms with van der Waals surface area (Å²) in [7, 11) is 0. The lowest BCUT2D eigenvalue weighted by Crippen LogP contribution is -2.01. The van der Waals surface area contributed by atoms with E-state index >= 15 is 0 Å². The molecule has 2 heterocycles. The minimum absolute atomic E-state index is 1.12. The lowest BCUT2D eigenvalue weighted by molar-refractivity contribution is 1.18. The summed E-state index contributed by atoms with van der Waals surface area (Å²) >= 11 is 1.88. The molecule has 0 saturated heterocycles. The second-order valence-corrected chi connectivity index (χ2v) is 17.0. The number of benzene rings is 10. The van der Waals surface area contributed by atoms with Crippen LogP contribution in [-0.2, 0) is 0 Å². The van der Waals surface area contributed by atoms with Crippen LogP contribution in [0.2, 0.25) is 0 Å². The summed E-state index contributed by atoms with van der Waals surface area (Å²) in [5.74, 6) is 0. The maximum atomic E-state index is 2.56. The van der Waals surface area contributed by atoms with Crippen molar-refractivity contribution in [2.24, 2.45) is 0 Å². The van der Waals surface area contributed by atoms with Crippen LogP contribution in [0.1, 0.15) is 0 Å². The molecule has 1 nitrogen and oxygen atoms in total. The third kappa shape index (κ3) is 5.84. The van der Waals surface area contributed by atoms with Crippen LogP contribution in [0.3, 0.4) is 0 Å². The lowest BCUT2D eigenvalue weighted by atomic mass is 9.80. The Morgan fingerprint density at radius 1 is 0.290 bits per heavy atom. The minimum atomic E-state index is 1.12. The van der Waals surface area contributed by atoms with Crippen molar-refractivity contribution in [1.82, 2.24) is 4.57 Å². The van der Waals surface area contributed by atoms with Crippen molar-refractivity contribution in [2.75, 3.05) is 0 Å². The first kappa shape index (κ1) is 36.1. The Labute approximate surface area is 365 Å². The molecule has 0 aliphatic heterocycles. The number of para-hydroxylation sites is 2. The van der Waals surface area contributed by atoms with Crippen LogP contribution in [0, 0.1) is 0 Å². The number of fused-ring (bicyclic) bond motifs is 6. The average molecular weight is 806 g/mol. The smallest absolute Gasteiger partial charge is 0.0632 e. The maximum absolute atomic E-state index is 2.56. The zero-order chi connectivity index (χ0) is 41.0. The van der Waals surface area contributed by atoms with Gasteiger partial charge in [0, 0.05) is 58.9 Å². The summed E-state index contributed by atoms with van der Waals surface area (Å²) in [5, 5.41) is 5.08. The molecule has 0 atom stereocenters. The van der Waals surface area contributed by atoms with Gasteiger partial charge < -0.3 is 4.57 Å². The molecule has 0 aliphatic rings. The largest absolute Gasteiger partial charge is 0.308 e. The molecular formula is C60H39NS. The molecule has 0 N–H and O–H groups in total. The predicted molar refractivity (Wildman–Crippen MR) is 266 cm³/mol. The number of hydrogen-bond donors (Lipinski definition) is 0. The molecule has 12 rings (SSSR count). The van der Waals surface area contributed by atoms with Gasteiger partial charge in [-0.2, -0.15) is 0 Å².